The topological polar surface area (TPSA) is 25.8 Å². The van der Waals surface area contributed by atoms with Crippen molar-refractivity contribution in [1.29, 1.82) is 0 Å². The lowest BCUT2D eigenvalue weighted by Gasteiger charge is -2.01. The minimum absolute atomic E-state index is 0.305. The first-order valence-electron chi connectivity index (χ1n) is 5.86. The van der Waals surface area contributed by atoms with Crippen molar-refractivity contribution in [2.24, 2.45) is 0 Å². The molecule has 5 heteroatoms. The highest BCUT2D eigenvalue weighted by atomic mass is 32.1. The molecule has 0 fully saturated rings. The van der Waals surface area contributed by atoms with Crippen LogP contribution in [0.15, 0.2) is 18.2 Å². The lowest BCUT2D eigenvalue weighted by Crippen LogP contribution is -1.97. The summed E-state index contributed by atoms with van der Waals surface area (Å²) in [6.45, 7) is 4.17. The van der Waals surface area contributed by atoms with Crippen LogP contribution in [0.4, 0.5) is 8.78 Å². The summed E-state index contributed by atoms with van der Waals surface area (Å²) in [7, 11) is 0. The van der Waals surface area contributed by atoms with Crippen LogP contribution in [-0.2, 0) is 6.42 Å². The monoisotopic (exact) mass is 268 g/mol. The van der Waals surface area contributed by atoms with Crippen LogP contribution in [0.5, 0.6) is 0 Å². The quantitative estimate of drug-likeness (QED) is 0.840. The van der Waals surface area contributed by atoms with Gasteiger partial charge in [-0.15, -0.1) is 0 Å². The Hall–Kier alpha value is -1.36. The van der Waals surface area contributed by atoms with Gasteiger partial charge in [0.05, 0.1) is 0 Å². The second-order valence-corrected chi connectivity index (χ2v) is 5.05. The maximum atomic E-state index is 13.5. The molecule has 18 heavy (non-hydrogen) atoms. The van der Waals surface area contributed by atoms with Crippen LogP contribution in [0.2, 0.25) is 0 Å². The molecule has 1 atom stereocenters. The zero-order valence-electron chi connectivity index (χ0n) is 10.3. The Morgan fingerprint density at radius 3 is 2.78 bits per heavy atom. The second kappa shape index (κ2) is 5.52. The normalized spacial score (nSPS) is 12.7. The molecule has 0 N–H and O–H groups in total. The Bertz CT molecular complexity index is 540. The van der Waals surface area contributed by atoms with Crippen LogP contribution in [0.25, 0.3) is 0 Å². The van der Waals surface area contributed by atoms with Gasteiger partial charge in [0.2, 0.25) is 0 Å². The summed E-state index contributed by atoms with van der Waals surface area (Å²) >= 11 is 1.35. The standard InChI is InChI=1S/C13H14F2N2S/c1-3-8(2)13-16-12(17-18-13)6-9-4-5-10(14)7-11(9)15/h4-5,7-8H,3,6H2,1-2H3. The lowest BCUT2D eigenvalue weighted by atomic mass is 10.1. The number of rotatable bonds is 4. The van der Waals surface area contributed by atoms with Crippen molar-refractivity contribution in [3.8, 4) is 0 Å². The van der Waals surface area contributed by atoms with Gasteiger partial charge < -0.3 is 0 Å². The molecule has 0 aliphatic heterocycles. The molecule has 0 aliphatic carbocycles. The van der Waals surface area contributed by atoms with E-state index in [1.807, 2.05) is 0 Å². The molecular weight excluding hydrogens is 254 g/mol. The number of halogens is 2. The number of nitrogens with zero attached hydrogens (tertiary/aromatic N) is 2. The minimum Gasteiger partial charge on any atom is -0.224 e. The van der Waals surface area contributed by atoms with Crippen LogP contribution in [-0.4, -0.2) is 9.36 Å². The predicted molar refractivity (Wildman–Crippen MR) is 67.8 cm³/mol. The summed E-state index contributed by atoms with van der Waals surface area (Å²) in [5, 5.41) is 0.968. The molecule has 0 aliphatic rings. The third-order valence-electron chi connectivity index (χ3n) is 2.88. The van der Waals surface area contributed by atoms with E-state index in [0.717, 1.165) is 17.5 Å². The molecular formula is C13H14F2N2S. The summed E-state index contributed by atoms with van der Waals surface area (Å²) < 4.78 is 30.5. The van der Waals surface area contributed by atoms with E-state index in [2.05, 4.69) is 23.2 Å². The summed E-state index contributed by atoms with van der Waals surface area (Å²) in [5.41, 5.74) is 0.421. The lowest BCUT2D eigenvalue weighted by molar-refractivity contribution is 0.573. The van der Waals surface area contributed by atoms with Gasteiger partial charge >= 0.3 is 0 Å². The predicted octanol–water partition coefficient (Wildman–Crippen LogP) is 3.92. The molecule has 0 saturated carbocycles. The van der Waals surface area contributed by atoms with Crippen molar-refractivity contribution < 1.29 is 8.78 Å². The van der Waals surface area contributed by atoms with Gasteiger partial charge in [0, 0.05) is 18.4 Å². The maximum absolute atomic E-state index is 13.5. The fourth-order valence-corrected chi connectivity index (χ4v) is 2.35. The van der Waals surface area contributed by atoms with Gasteiger partial charge in [0.15, 0.2) is 0 Å². The molecule has 1 aromatic carbocycles. The smallest absolute Gasteiger partial charge is 0.147 e. The van der Waals surface area contributed by atoms with E-state index in [1.54, 1.807) is 0 Å². The van der Waals surface area contributed by atoms with Crippen LogP contribution >= 0.6 is 11.5 Å². The summed E-state index contributed by atoms with van der Waals surface area (Å²) in [4.78, 5) is 4.39. The van der Waals surface area contributed by atoms with Crippen molar-refractivity contribution in [1.82, 2.24) is 9.36 Å². The highest BCUT2D eigenvalue weighted by Crippen LogP contribution is 2.21. The zero-order valence-corrected chi connectivity index (χ0v) is 11.1. The van der Waals surface area contributed by atoms with E-state index >= 15 is 0 Å². The fourth-order valence-electron chi connectivity index (χ4n) is 1.55. The highest BCUT2D eigenvalue weighted by molar-refractivity contribution is 7.05. The molecule has 0 saturated heterocycles. The molecule has 0 bridgehead atoms. The van der Waals surface area contributed by atoms with Crippen LogP contribution in [0.1, 0.15) is 42.6 Å². The molecule has 1 heterocycles. The van der Waals surface area contributed by atoms with E-state index in [4.69, 9.17) is 0 Å². The van der Waals surface area contributed by atoms with E-state index in [9.17, 15) is 8.78 Å². The van der Waals surface area contributed by atoms with Crippen molar-refractivity contribution in [2.75, 3.05) is 0 Å². The molecule has 2 aromatic rings. The van der Waals surface area contributed by atoms with Gasteiger partial charge in [0.25, 0.3) is 0 Å². The van der Waals surface area contributed by atoms with Crippen LogP contribution < -0.4 is 0 Å². The van der Waals surface area contributed by atoms with Gasteiger partial charge in [-0.2, -0.15) is 4.37 Å². The van der Waals surface area contributed by atoms with Gasteiger partial charge in [-0.05, 0) is 29.6 Å². The van der Waals surface area contributed by atoms with E-state index in [-0.39, 0.29) is 0 Å². The Morgan fingerprint density at radius 2 is 2.11 bits per heavy atom. The number of hydrogen-bond donors (Lipinski definition) is 0. The first-order chi connectivity index (χ1) is 8.60. The largest absolute Gasteiger partial charge is 0.224 e. The van der Waals surface area contributed by atoms with Crippen molar-refractivity contribution in [2.45, 2.75) is 32.6 Å². The van der Waals surface area contributed by atoms with E-state index < -0.39 is 11.6 Å². The van der Waals surface area contributed by atoms with Crippen molar-refractivity contribution in [3.63, 3.8) is 0 Å². The third-order valence-corrected chi connectivity index (χ3v) is 3.86. The number of aromatic nitrogens is 2. The van der Waals surface area contributed by atoms with Gasteiger partial charge in [0.1, 0.15) is 22.5 Å². The molecule has 0 radical (unpaired) electrons. The van der Waals surface area contributed by atoms with Crippen LogP contribution in [0.3, 0.4) is 0 Å². The Balaban J connectivity index is 2.16. The number of hydrogen-bond acceptors (Lipinski definition) is 3. The molecule has 2 nitrogen and oxygen atoms in total. The first-order valence-corrected chi connectivity index (χ1v) is 6.64. The van der Waals surface area contributed by atoms with Crippen molar-refractivity contribution in [3.05, 3.63) is 46.2 Å². The fraction of sp³-hybridized carbons (Fsp3) is 0.385. The SMILES string of the molecule is CCC(C)c1nc(Cc2ccc(F)cc2F)ns1. The molecule has 0 amide bonds. The highest BCUT2D eigenvalue weighted by Gasteiger charge is 2.12. The van der Waals surface area contributed by atoms with E-state index in [1.165, 1.54) is 23.7 Å². The average molecular weight is 268 g/mol. The Kier molecular flexibility index (Phi) is 4.01. The summed E-state index contributed by atoms with van der Waals surface area (Å²) in [5.74, 6) is -0.146. The summed E-state index contributed by atoms with van der Waals surface area (Å²) in [6, 6.07) is 3.58. The molecule has 0 spiro atoms. The minimum atomic E-state index is -0.567. The molecule has 1 unspecified atom stereocenters. The van der Waals surface area contributed by atoms with Gasteiger partial charge in [-0.1, -0.05) is 19.9 Å². The van der Waals surface area contributed by atoms with Crippen LogP contribution in [0, 0.1) is 11.6 Å². The number of benzene rings is 1. The maximum Gasteiger partial charge on any atom is 0.147 e. The zero-order chi connectivity index (χ0) is 13.1. The average Bonchev–Trinajstić information content (AvgIpc) is 2.80. The van der Waals surface area contributed by atoms with E-state index in [0.29, 0.717) is 23.7 Å². The van der Waals surface area contributed by atoms with Gasteiger partial charge in [-0.25, -0.2) is 13.8 Å². The van der Waals surface area contributed by atoms with Crippen molar-refractivity contribution >= 4 is 11.5 Å². The molecule has 96 valence electrons. The third kappa shape index (κ3) is 2.90. The van der Waals surface area contributed by atoms with Gasteiger partial charge in [-0.3, -0.25) is 0 Å². The Morgan fingerprint density at radius 1 is 1.33 bits per heavy atom. The summed E-state index contributed by atoms with van der Waals surface area (Å²) in [6.07, 6.45) is 1.30. The first kappa shape index (κ1) is 13.1. The Labute approximate surface area is 109 Å². The molecule has 2 rings (SSSR count). The molecule has 1 aromatic heterocycles. The second-order valence-electron chi connectivity index (χ2n) is 4.27.